The first-order chi connectivity index (χ1) is 15.4. The third-order valence-electron chi connectivity index (χ3n) is 4.72. The number of imide groups is 2. The van der Waals surface area contributed by atoms with E-state index in [0.29, 0.717) is 24.5 Å². The monoisotopic (exact) mass is 438 g/mol. The second-order valence-corrected chi connectivity index (χ2v) is 7.26. The third-order valence-corrected chi connectivity index (χ3v) is 4.72. The zero-order valence-electron chi connectivity index (χ0n) is 18.5. The number of nitrogens with zero attached hydrogens (tertiary/aromatic N) is 2. The Morgan fingerprint density at radius 3 is 1.25 bits per heavy atom. The van der Waals surface area contributed by atoms with Gasteiger partial charge in [-0.05, 0) is 37.1 Å². The van der Waals surface area contributed by atoms with E-state index in [2.05, 4.69) is 10.6 Å². The summed E-state index contributed by atoms with van der Waals surface area (Å²) in [4.78, 5) is 50.6. The zero-order valence-corrected chi connectivity index (χ0v) is 18.5. The molecular formula is C24H30N4O4. The Morgan fingerprint density at radius 2 is 0.938 bits per heavy atom. The van der Waals surface area contributed by atoms with Gasteiger partial charge in [0.25, 0.3) is 0 Å². The molecule has 0 aliphatic heterocycles. The van der Waals surface area contributed by atoms with Crippen LogP contribution >= 0.6 is 0 Å². The summed E-state index contributed by atoms with van der Waals surface area (Å²) >= 11 is 0. The zero-order chi connectivity index (χ0) is 23.3. The molecule has 0 radical (unpaired) electrons. The second-order valence-electron chi connectivity index (χ2n) is 7.26. The predicted molar refractivity (Wildman–Crippen MR) is 124 cm³/mol. The Hall–Kier alpha value is -3.68. The number of amides is 6. The van der Waals surface area contributed by atoms with E-state index in [-0.39, 0.29) is 11.8 Å². The van der Waals surface area contributed by atoms with E-state index in [1.807, 2.05) is 12.1 Å². The van der Waals surface area contributed by atoms with Crippen molar-refractivity contribution in [3.05, 3.63) is 60.7 Å². The molecule has 0 atom stereocenters. The molecule has 2 N–H and O–H groups in total. The number of anilines is 2. The number of benzene rings is 2. The highest BCUT2D eigenvalue weighted by Crippen LogP contribution is 2.14. The Kier molecular flexibility index (Phi) is 9.90. The first-order valence-corrected chi connectivity index (χ1v) is 10.7. The van der Waals surface area contributed by atoms with Crippen molar-refractivity contribution in [3.8, 4) is 0 Å². The highest BCUT2D eigenvalue weighted by Gasteiger charge is 2.20. The molecule has 2 aromatic carbocycles. The molecule has 0 bridgehead atoms. The van der Waals surface area contributed by atoms with E-state index in [1.54, 1.807) is 48.5 Å². The summed E-state index contributed by atoms with van der Waals surface area (Å²) in [7, 11) is 0. The minimum Gasteiger partial charge on any atom is -0.337 e. The quantitative estimate of drug-likeness (QED) is 0.577. The SMILES string of the molecule is CC(=O)N(C(=O)NCCCCCCNC(=O)N(C(C)=O)c1ccccc1)c1ccccc1. The summed E-state index contributed by atoms with van der Waals surface area (Å²) in [5, 5.41) is 5.54. The average molecular weight is 439 g/mol. The van der Waals surface area contributed by atoms with Gasteiger partial charge < -0.3 is 10.6 Å². The van der Waals surface area contributed by atoms with Crippen molar-refractivity contribution in [3.63, 3.8) is 0 Å². The lowest BCUT2D eigenvalue weighted by Gasteiger charge is -2.20. The van der Waals surface area contributed by atoms with Gasteiger partial charge in [0.1, 0.15) is 0 Å². The number of unbranched alkanes of at least 4 members (excludes halogenated alkanes) is 3. The van der Waals surface area contributed by atoms with E-state index in [1.165, 1.54) is 13.8 Å². The fourth-order valence-electron chi connectivity index (χ4n) is 3.19. The summed E-state index contributed by atoms with van der Waals surface area (Å²) < 4.78 is 0. The summed E-state index contributed by atoms with van der Waals surface area (Å²) in [6.07, 6.45) is 3.22. The number of para-hydroxylation sites is 2. The molecule has 2 aromatic rings. The first-order valence-electron chi connectivity index (χ1n) is 10.7. The molecule has 0 aliphatic rings. The van der Waals surface area contributed by atoms with Gasteiger partial charge in [0, 0.05) is 26.9 Å². The molecule has 170 valence electrons. The standard InChI is InChI=1S/C24H30N4O4/c1-19(29)27(21-13-7-5-8-14-21)23(31)25-17-11-3-4-12-18-26-24(32)28(20(2)30)22-15-9-6-10-16-22/h5-10,13-16H,3-4,11-12,17-18H2,1-2H3,(H,25,31)(H,26,32). The van der Waals surface area contributed by atoms with Crippen molar-refractivity contribution < 1.29 is 19.2 Å². The minimum absolute atomic E-state index is 0.348. The fourth-order valence-corrected chi connectivity index (χ4v) is 3.19. The smallest absolute Gasteiger partial charge is 0.328 e. The van der Waals surface area contributed by atoms with Crippen molar-refractivity contribution >= 4 is 35.3 Å². The molecule has 0 fully saturated rings. The summed E-state index contributed by atoms with van der Waals surface area (Å²) in [6.45, 7) is 3.61. The topological polar surface area (TPSA) is 98.8 Å². The van der Waals surface area contributed by atoms with E-state index < -0.39 is 12.1 Å². The number of rotatable bonds is 9. The first kappa shape index (κ1) is 24.6. The van der Waals surface area contributed by atoms with E-state index in [9.17, 15) is 19.2 Å². The molecule has 0 spiro atoms. The van der Waals surface area contributed by atoms with Crippen LogP contribution in [0.15, 0.2) is 60.7 Å². The van der Waals surface area contributed by atoms with Gasteiger partial charge in [-0.1, -0.05) is 49.2 Å². The highest BCUT2D eigenvalue weighted by atomic mass is 16.2. The lowest BCUT2D eigenvalue weighted by atomic mass is 10.2. The summed E-state index contributed by atoms with van der Waals surface area (Å²) in [6, 6.07) is 16.7. The maximum atomic E-state index is 12.3. The third kappa shape index (κ3) is 7.54. The van der Waals surface area contributed by atoms with Crippen LogP contribution in [-0.4, -0.2) is 37.0 Å². The number of hydrogen-bond donors (Lipinski definition) is 2. The van der Waals surface area contributed by atoms with Crippen LogP contribution in [0.25, 0.3) is 0 Å². The van der Waals surface area contributed by atoms with Crippen molar-refractivity contribution in [2.75, 3.05) is 22.9 Å². The number of hydrogen-bond acceptors (Lipinski definition) is 4. The maximum Gasteiger partial charge on any atom is 0.328 e. The highest BCUT2D eigenvalue weighted by molar-refractivity contribution is 6.13. The molecule has 0 aliphatic carbocycles. The molecule has 2 rings (SSSR count). The van der Waals surface area contributed by atoms with Gasteiger partial charge in [0.05, 0.1) is 11.4 Å². The van der Waals surface area contributed by atoms with Gasteiger partial charge in [0.2, 0.25) is 11.8 Å². The summed E-state index contributed by atoms with van der Waals surface area (Å²) in [5.74, 6) is -0.695. The van der Waals surface area contributed by atoms with Crippen LogP contribution in [0.4, 0.5) is 21.0 Å². The molecule has 8 nitrogen and oxygen atoms in total. The van der Waals surface area contributed by atoms with Crippen LogP contribution in [0.1, 0.15) is 39.5 Å². The molecule has 0 unspecified atom stereocenters. The van der Waals surface area contributed by atoms with Crippen LogP contribution in [-0.2, 0) is 9.59 Å². The number of carbonyl (C=O) groups is 4. The summed E-state index contributed by atoms with van der Waals surface area (Å²) in [5.41, 5.74) is 1.06. The maximum absolute atomic E-state index is 12.3. The van der Waals surface area contributed by atoms with Gasteiger partial charge in [-0.2, -0.15) is 0 Å². The number of carbonyl (C=O) groups excluding carboxylic acids is 4. The molecule has 0 aromatic heterocycles. The van der Waals surface area contributed by atoms with Crippen LogP contribution in [0.2, 0.25) is 0 Å². The van der Waals surface area contributed by atoms with Crippen molar-refractivity contribution in [1.82, 2.24) is 10.6 Å². The fraction of sp³-hybridized carbons (Fsp3) is 0.333. The van der Waals surface area contributed by atoms with Crippen molar-refractivity contribution in [2.45, 2.75) is 39.5 Å². The van der Waals surface area contributed by atoms with Gasteiger partial charge in [-0.3, -0.25) is 9.59 Å². The van der Waals surface area contributed by atoms with Crippen LogP contribution in [0.3, 0.4) is 0 Å². The molecule has 0 saturated heterocycles. The number of nitrogens with one attached hydrogen (secondary N) is 2. The molecule has 0 heterocycles. The lowest BCUT2D eigenvalue weighted by Crippen LogP contribution is -2.43. The Morgan fingerprint density at radius 1 is 0.594 bits per heavy atom. The van der Waals surface area contributed by atoms with Gasteiger partial charge in [-0.25, -0.2) is 19.4 Å². The van der Waals surface area contributed by atoms with Gasteiger partial charge in [0.15, 0.2) is 0 Å². The Labute approximate surface area is 188 Å². The largest absolute Gasteiger partial charge is 0.337 e. The van der Waals surface area contributed by atoms with Crippen LogP contribution < -0.4 is 20.4 Å². The van der Waals surface area contributed by atoms with E-state index in [4.69, 9.17) is 0 Å². The van der Waals surface area contributed by atoms with Crippen molar-refractivity contribution in [2.24, 2.45) is 0 Å². The average Bonchev–Trinajstić information content (AvgIpc) is 2.77. The Bertz CT molecular complexity index is 827. The minimum atomic E-state index is -0.443. The van der Waals surface area contributed by atoms with Crippen LogP contribution in [0, 0.1) is 0 Å². The molecule has 8 heteroatoms. The molecule has 32 heavy (non-hydrogen) atoms. The molecular weight excluding hydrogens is 408 g/mol. The van der Waals surface area contributed by atoms with Crippen molar-refractivity contribution in [1.29, 1.82) is 0 Å². The Balaban J connectivity index is 1.65. The normalized spacial score (nSPS) is 10.2. The molecule has 0 saturated carbocycles. The van der Waals surface area contributed by atoms with Gasteiger partial charge in [-0.15, -0.1) is 0 Å². The predicted octanol–water partition coefficient (Wildman–Crippen LogP) is 4.07. The van der Waals surface area contributed by atoms with E-state index in [0.717, 1.165) is 35.5 Å². The van der Waals surface area contributed by atoms with E-state index >= 15 is 0 Å². The van der Waals surface area contributed by atoms with Gasteiger partial charge >= 0.3 is 12.1 Å². The second kappa shape index (κ2) is 12.9. The number of urea groups is 2. The molecule has 6 amide bonds. The lowest BCUT2D eigenvalue weighted by molar-refractivity contribution is -0.116. The van der Waals surface area contributed by atoms with Crippen LogP contribution in [0.5, 0.6) is 0 Å².